The third-order valence-electron chi connectivity index (χ3n) is 2.83. The molecule has 0 radical (unpaired) electrons. The number of benzene rings is 2. The third-order valence-corrected chi connectivity index (χ3v) is 3.84. The average molecular weight is 345 g/mol. The highest BCUT2D eigenvalue weighted by atomic mass is 35.5. The van der Waals surface area contributed by atoms with Crippen LogP contribution in [0.2, 0.25) is 15.1 Å². The van der Waals surface area contributed by atoms with Gasteiger partial charge in [0.15, 0.2) is 0 Å². The first-order chi connectivity index (χ1) is 10.0. The summed E-state index contributed by atoms with van der Waals surface area (Å²) >= 11 is 18.1. The van der Waals surface area contributed by atoms with Gasteiger partial charge in [-0.1, -0.05) is 40.9 Å². The molecule has 0 saturated heterocycles. The molecule has 110 valence electrons. The summed E-state index contributed by atoms with van der Waals surface area (Å²) in [6, 6.07) is 10.1. The van der Waals surface area contributed by atoms with E-state index in [0.29, 0.717) is 32.1 Å². The smallest absolute Gasteiger partial charge is 0.228 e. The molecule has 2 rings (SSSR count). The SMILES string of the molecule is COc1ccc(NC(=O)Cc2c(Cl)cccc2Cl)cc1Cl. The second-order valence-electron chi connectivity index (χ2n) is 4.27. The van der Waals surface area contributed by atoms with Crippen molar-refractivity contribution in [3.05, 3.63) is 57.0 Å². The van der Waals surface area contributed by atoms with Gasteiger partial charge >= 0.3 is 0 Å². The van der Waals surface area contributed by atoms with Crippen molar-refractivity contribution in [2.45, 2.75) is 6.42 Å². The van der Waals surface area contributed by atoms with E-state index in [1.54, 1.807) is 36.4 Å². The molecule has 0 spiro atoms. The van der Waals surface area contributed by atoms with E-state index >= 15 is 0 Å². The van der Waals surface area contributed by atoms with Crippen molar-refractivity contribution in [1.82, 2.24) is 0 Å². The summed E-state index contributed by atoms with van der Waals surface area (Å²) in [7, 11) is 1.53. The normalized spacial score (nSPS) is 10.3. The summed E-state index contributed by atoms with van der Waals surface area (Å²) in [5.74, 6) is 0.315. The van der Waals surface area contributed by atoms with Crippen molar-refractivity contribution in [3.8, 4) is 5.75 Å². The number of carbonyl (C=O) groups is 1. The monoisotopic (exact) mass is 343 g/mol. The van der Waals surface area contributed by atoms with Crippen LogP contribution in [0.5, 0.6) is 5.75 Å². The van der Waals surface area contributed by atoms with Crippen LogP contribution < -0.4 is 10.1 Å². The van der Waals surface area contributed by atoms with E-state index in [1.807, 2.05) is 0 Å². The second-order valence-corrected chi connectivity index (χ2v) is 5.50. The lowest BCUT2D eigenvalue weighted by Gasteiger charge is -2.09. The van der Waals surface area contributed by atoms with Crippen molar-refractivity contribution in [2.24, 2.45) is 0 Å². The number of ether oxygens (including phenoxy) is 1. The topological polar surface area (TPSA) is 38.3 Å². The fourth-order valence-corrected chi connectivity index (χ4v) is 2.60. The van der Waals surface area contributed by atoms with Crippen LogP contribution in [0.3, 0.4) is 0 Å². The summed E-state index contributed by atoms with van der Waals surface area (Å²) in [6.45, 7) is 0. The highest BCUT2D eigenvalue weighted by Gasteiger charge is 2.11. The van der Waals surface area contributed by atoms with E-state index < -0.39 is 0 Å². The quantitative estimate of drug-likeness (QED) is 0.862. The van der Waals surface area contributed by atoms with Gasteiger partial charge in [-0.25, -0.2) is 0 Å². The number of rotatable bonds is 4. The summed E-state index contributed by atoms with van der Waals surface area (Å²) < 4.78 is 5.05. The van der Waals surface area contributed by atoms with Gasteiger partial charge in [-0.3, -0.25) is 4.79 Å². The van der Waals surface area contributed by atoms with Crippen molar-refractivity contribution in [1.29, 1.82) is 0 Å². The second kappa shape index (κ2) is 7.03. The Balaban J connectivity index is 2.10. The van der Waals surface area contributed by atoms with Gasteiger partial charge in [-0.2, -0.15) is 0 Å². The van der Waals surface area contributed by atoms with Crippen molar-refractivity contribution >= 4 is 46.4 Å². The van der Waals surface area contributed by atoms with Gasteiger partial charge in [0.1, 0.15) is 5.75 Å². The van der Waals surface area contributed by atoms with Crippen molar-refractivity contribution in [3.63, 3.8) is 0 Å². The Morgan fingerprint density at radius 2 is 1.76 bits per heavy atom. The predicted octanol–water partition coefficient (Wildman–Crippen LogP) is 4.84. The van der Waals surface area contributed by atoms with Crippen LogP contribution in [0.1, 0.15) is 5.56 Å². The molecule has 6 heteroatoms. The van der Waals surface area contributed by atoms with Crippen LogP contribution in [0.15, 0.2) is 36.4 Å². The largest absolute Gasteiger partial charge is 0.495 e. The van der Waals surface area contributed by atoms with E-state index in [1.165, 1.54) is 7.11 Å². The summed E-state index contributed by atoms with van der Waals surface area (Å²) in [6.07, 6.45) is 0.0855. The number of methoxy groups -OCH3 is 1. The number of halogens is 3. The zero-order valence-electron chi connectivity index (χ0n) is 11.1. The lowest BCUT2D eigenvalue weighted by molar-refractivity contribution is -0.115. The van der Waals surface area contributed by atoms with Gasteiger partial charge in [-0.05, 0) is 35.9 Å². The molecule has 0 bridgehead atoms. The Morgan fingerprint density at radius 1 is 1.10 bits per heavy atom. The standard InChI is InChI=1S/C15H12Cl3NO2/c1-21-14-6-5-9(7-13(14)18)19-15(20)8-10-11(16)3-2-4-12(10)17/h2-7H,8H2,1H3,(H,19,20). The molecule has 0 heterocycles. The Hall–Kier alpha value is -1.42. The summed E-state index contributed by atoms with van der Waals surface area (Å²) in [4.78, 5) is 12.0. The van der Waals surface area contributed by atoms with Gasteiger partial charge in [0.25, 0.3) is 0 Å². The Morgan fingerprint density at radius 3 is 2.33 bits per heavy atom. The minimum absolute atomic E-state index is 0.0855. The van der Waals surface area contributed by atoms with E-state index in [4.69, 9.17) is 39.5 Å². The van der Waals surface area contributed by atoms with Crippen LogP contribution in [-0.4, -0.2) is 13.0 Å². The Labute approximate surface area is 137 Å². The molecule has 0 aromatic heterocycles. The van der Waals surface area contributed by atoms with Gasteiger partial charge in [0, 0.05) is 15.7 Å². The van der Waals surface area contributed by atoms with E-state index in [0.717, 1.165) is 0 Å². The van der Waals surface area contributed by atoms with Gasteiger partial charge in [0.05, 0.1) is 18.6 Å². The van der Waals surface area contributed by atoms with Crippen LogP contribution in [0.4, 0.5) is 5.69 Å². The molecular weight excluding hydrogens is 333 g/mol. The lowest BCUT2D eigenvalue weighted by Crippen LogP contribution is -2.15. The molecule has 2 aromatic rings. The maximum Gasteiger partial charge on any atom is 0.228 e. The zero-order chi connectivity index (χ0) is 15.4. The first kappa shape index (κ1) is 16.0. The van der Waals surface area contributed by atoms with Crippen LogP contribution in [0.25, 0.3) is 0 Å². The number of amides is 1. The molecule has 0 atom stereocenters. The minimum Gasteiger partial charge on any atom is -0.495 e. The van der Waals surface area contributed by atoms with Crippen LogP contribution in [0, 0.1) is 0 Å². The molecule has 21 heavy (non-hydrogen) atoms. The average Bonchev–Trinajstić information content (AvgIpc) is 2.43. The molecule has 2 aromatic carbocycles. The summed E-state index contributed by atoms with van der Waals surface area (Å²) in [5, 5.41) is 4.09. The predicted molar refractivity (Wildman–Crippen MR) is 86.8 cm³/mol. The zero-order valence-corrected chi connectivity index (χ0v) is 13.4. The van der Waals surface area contributed by atoms with Crippen LogP contribution >= 0.6 is 34.8 Å². The molecule has 0 aliphatic heterocycles. The molecule has 0 unspecified atom stereocenters. The fraction of sp³-hybridized carbons (Fsp3) is 0.133. The maximum absolute atomic E-state index is 12.0. The third kappa shape index (κ3) is 4.03. The van der Waals surface area contributed by atoms with E-state index in [2.05, 4.69) is 5.32 Å². The van der Waals surface area contributed by atoms with E-state index in [-0.39, 0.29) is 12.3 Å². The molecule has 1 amide bonds. The molecule has 0 aliphatic rings. The van der Waals surface area contributed by atoms with Gasteiger partial charge in [0.2, 0.25) is 5.91 Å². The van der Waals surface area contributed by atoms with Gasteiger partial charge < -0.3 is 10.1 Å². The summed E-state index contributed by atoms with van der Waals surface area (Å²) in [5.41, 5.74) is 1.17. The molecule has 1 N–H and O–H groups in total. The highest BCUT2D eigenvalue weighted by molar-refractivity contribution is 6.36. The maximum atomic E-state index is 12.0. The fourth-order valence-electron chi connectivity index (χ4n) is 1.81. The number of anilines is 1. The first-order valence-electron chi connectivity index (χ1n) is 6.07. The van der Waals surface area contributed by atoms with Crippen molar-refractivity contribution in [2.75, 3.05) is 12.4 Å². The number of nitrogens with one attached hydrogen (secondary N) is 1. The number of hydrogen-bond acceptors (Lipinski definition) is 2. The van der Waals surface area contributed by atoms with Gasteiger partial charge in [-0.15, -0.1) is 0 Å². The number of carbonyl (C=O) groups excluding carboxylic acids is 1. The molecule has 3 nitrogen and oxygen atoms in total. The first-order valence-corrected chi connectivity index (χ1v) is 7.21. The van der Waals surface area contributed by atoms with Crippen LogP contribution in [-0.2, 0) is 11.2 Å². The highest BCUT2D eigenvalue weighted by Crippen LogP contribution is 2.28. The molecule has 0 aliphatic carbocycles. The molecule has 0 saturated carbocycles. The molecular formula is C15H12Cl3NO2. The number of hydrogen-bond donors (Lipinski definition) is 1. The molecule has 0 fully saturated rings. The Kier molecular flexibility index (Phi) is 5.34. The Bertz CT molecular complexity index is 654. The lowest BCUT2D eigenvalue weighted by atomic mass is 10.1. The minimum atomic E-state index is -0.230. The van der Waals surface area contributed by atoms with Crippen molar-refractivity contribution < 1.29 is 9.53 Å². The van der Waals surface area contributed by atoms with E-state index in [9.17, 15) is 4.79 Å².